The molecule has 11 rings (SSSR count). The van der Waals surface area contributed by atoms with Gasteiger partial charge in [0.2, 0.25) is 0 Å². The summed E-state index contributed by atoms with van der Waals surface area (Å²) in [4.78, 5) is 14.8. The van der Waals surface area contributed by atoms with Crippen LogP contribution < -0.4 is 0 Å². The zero-order valence-corrected chi connectivity index (χ0v) is 30.4. The van der Waals surface area contributed by atoms with E-state index in [9.17, 15) is 0 Å². The van der Waals surface area contributed by atoms with Gasteiger partial charge in [0.1, 0.15) is 0 Å². The third kappa shape index (κ3) is 4.89. The van der Waals surface area contributed by atoms with E-state index in [0.717, 1.165) is 39.3 Å². The largest absolute Gasteiger partial charge is 0.309 e. The summed E-state index contributed by atoms with van der Waals surface area (Å²) in [5.41, 5.74) is 14.8. The lowest BCUT2D eigenvalue weighted by Gasteiger charge is -2.41. The molecule has 0 radical (unpaired) electrons. The summed E-state index contributed by atoms with van der Waals surface area (Å²) >= 11 is 0. The number of para-hydroxylation sites is 3. The second-order valence-corrected chi connectivity index (χ2v) is 14.4. The SMILES string of the molecule is c1ccc(-c2nc(-c3ccc(-c4ccccn4)cc3)cc(-c3ccc(C4(c5ccccc5)c5ccccc5-n5c6ccccc6c6cccc4c65)cc3)n2)cc1. The Labute approximate surface area is 325 Å². The zero-order valence-electron chi connectivity index (χ0n) is 30.4. The number of benzene rings is 7. The van der Waals surface area contributed by atoms with Crippen LogP contribution in [0.15, 0.2) is 206 Å². The van der Waals surface area contributed by atoms with Gasteiger partial charge in [-0.05, 0) is 52.6 Å². The summed E-state index contributed by atoms with van der Waals surface area (Å²) in [6.45, 7) is 0. The maximum atomic E-state index is 5.18. The summed E-state index contributed by atoms with van der Waals surface area (Å²) in [5.74, 6) is 0.692. The molecule has 1 aliphatic rings. The van der Waals surface area contributed by atoms with E-state index in [4.69, 9.17) is 9.97 Å². The normalized spacial score (nSPS) is 14.5. The average molecular weight is 715 g/mol. The van der Waals surface area contributed by atoms with Crippen molar-refractivity contribution in [1.82, 2.24) is 19.5 Å². The van der Waals surface area contributed by atoms with Gasteiger partial charge in [0.25, 0.3) is 0 Å². The Morgan fingerprint density at radius 3 is 1.70 bits per heavy atom. The maximum absolute atomic E-state index is 5.18. The number of rotatable bonds is 6. The first-order valence-electron chi connectivity index (χ1n) is 19.0. The van der Waals surface area contributed by atoms with Crippen LogP contribution in [0.2, 0.25) is 0 Å². The highest BCUT2D eigenvalue weighted by atomic mass is 15.0. The Morgan fingerprint density at radius 1 is 0.393 bits per heavy atom. The minimum Gasteiger partial charge on any atom is -0.309 e. The molecule has 10 aromatic rings. The lowest BCUT2D eigenvalue weighted by atomic mass is 9.63. The fraction of sp³-hybridized carbons (Fsp3) is 0.0192. The number of fused-ring (bicyclic) bond motifs is 5. The van der Waals surface area contributed by atoms with E-state index >= 15 is 0 Å². The molecule has 0 spiro atoms. The summed E-state index contributed by atoms with van der Waals surface area (Å²) in [7, 11) is 0. The molecule has 262 valence electrons. The molecule has 0 aliphatic carbocycles. The van der Waals surface area contributed by atoms with E-state index in [1.54, 1.807) is 0 Å². The molecule has 1 aliphatic heterocycles. The second kappa shape index (κ2) is 12.9. The van der Waals surface area contributed by atoms with Gasteiger partial charge in [-0.3, -0.25) is 4.98 Å². The standard InChI is InChI=1S/C52H34N4/c1-3-14-38(15-4-1)51-54-46(36-27-25-35(26-28-36)45-22-11-12-33-53-45)34-47(55-51)37-29-31-40(32-30-37)52(39-16-5-2-6-17-39)43-20-8-10-24-49(43)56-48-23-9-7-18-41(48)42-19-13-21-44(52)50(42)56/h1-34H. The van der Waals surface area contributed by atoms with E-state index in [2.05, 4.69) is 173 Å². The van der Waals surface area contributed by atoms with Crippen LogP contribution in [-0.2, 0) is 5.41 Å². The van der Waals surface area contributed by atoms with E-state index in [-0.39, 0.29) is 0 Å². The molecule has 1 unspecified atom stereocenters. The van der Waals surface area contributed by atoms with Gasteiger partial charge in [-0.15, -0.1) is 0 Å². The summed E-state index contributed by atoms with van der Waals surface area (Å²) in [6, 6.07) is 71.4. The summed E-state index contributed by atoms with van der Waals surface area (Å²) in [5, 5.41) is 2.53. The van der Waals surface area contributed by atoms with Gasteiger partial charge in [0.05, 0.1) is 39.2 Å². The molecule has 0 saturated heterocycles. The smallest absolute Gasteiger partial charge is 0.160 e. The number of nitrogens with zero attached hydrogens (tertiary/aromatic N) is 4. The second-order valence-electron chi connectivity index (χ2n) is 14.4. The van der Waals surface area contributed by atoms with Crippen LogP contribution in [0.5, 0.6) is 0 Å². The Kier molecular flexibility index (Phi) is 7.36. The summed E-state index contributed by atoms with van der Waals surface area (Å²) in [6.07, 6.45) is 1.83. The Balaban J connectivity index is 1.10. The van der Waals surface area contributed by atoms with Gasteiger partial charge in [0, 0.05) is 39.2 Å². The Morgan fingerprint density at radius 2 is 0.964 bits per heavy atom. The first kappa shape index (κ1) is 32.0. The maximum Gasteiger partial charge on any atom is 0.160 e. The molecule has 4 nitrogen and oxygen atoms in total. The third-order valence-corrected chi connectivity index (χ3v) is 11.4. The molecule has 0 fully saturated rings. The predicted molar refractivity (Wildman–Crippen MR) is 228 cm³/mol. The molecule has 0 N–H and O–H groups in total. The van der Waals surface area contributed by atoms with Crippen LogP contribution in [0.25, 0.3) is 72.7 Å². The van der Waals surface area contributed by atoms with Crippen LogP contribution >= 0.6 is 0 Å². The van der Waals surface area contributed by atoms with Gasteiger partial charge < -0.3 is 4.57 Å². The van der Waals surface area contributed by atoms with Gasteiger partial charge in [0.15, 0.2) is 5.82 Å². The molecule has 4 heterocycles. The van der Waals surface area contributed by atoms with Crippen LogP contribution in [-0.4, -0.2) is 19.5 Å². The van der Waals surface area contributed by atoms with Gasteiger partial charge >= 0.3 is 0 Å². The topological polar surface area (TPSA) is 43.6 Å². The third-order valence-electron chi connectivity index (χ3n) is 11.4. The number of hydrogen-bond acceptors (Lipinski definition) is 3. The highest BCUT2D eigenvalue weighted by Gasteiger charge is 2.45. The van der Waals surface area contributed by atoms with Gasteiger partial charge in [-0.25, -0.2) is 9.97 Å². The highest BCUT2D eigenvalue weighted by molar-refractivity contribution is 6.12. The fourth-order valence-electron chi connectivity index (χ4n) is 8.87. The van der Waals surface area contributed by atoms with Gasteiger partial charge in [-0.2, -0.15) is 0 Å². The monoisotopic (exact) mass is 714 g/mol. The predicted octanol–water partition coefficient (Wildman–Crippen LogP) is 12.3. The molecule has 1 atom stereocenters. The highest BCUT2D eigenvalue weighted by Crippen LogP contribution is 2.54. The van der Waals surface area contributed by atoms with Crippen molar-refractivity contribution in [3.8, 4) is 50.8 Å². The summed E-state index contributed by atoms with van der Waals surface area (Å²) < 4.78 is 2.47. The quantitative estimate of drug-likeness (QED) is 0.172. The molecule has 0 bridgehead atoms. The number of hydrogen-bond donors (Lipinski definition) is 0. The minimum absolute atomic E-state index is 0.568. The fourth-order valence-corrected chi connectivity index (χ4v) is 8.87. The van der Waals surface area contributed by atoms with Crippen molar-refractivity contribution >= 4 is 21.8 Å². The van der Waals surface area contributed by atoms with Crippen molar-refractivity contribution in [2.24, 2.45) is 0 Å². The van der Waals surface area contributed by atoms with E-state index in [0.29, 0.717) is 5.82 Å². The molecule has 0 saturated carbocycles. The van der Waals surface area contributed by atoms with E-state index in [1.807, 2.05) is 42.6 Å². The first-order chi connectivity index (χ1) is 27.8. The number of aromatic nitrogens is 4. The Bertz CT molecular complexity index is 3040. The minimum atomic E-state index is -0.568. The van der Waals surface area contributed by atoms with Crippen LogP contribution in [0.4, 0.5) is 0 Å². The van der Waals surface area contributed by atoms with Crippen molar-refractivity contribution < 1.29 is 0 Å². The lowest BCUT2D eigenvalue weighted by molar-refractivity contribution is 0.728. The molecular formula is C52H34N4. The van der Waals surface area contributed by atoms with Crippen molar-refractivity contribution in [2.75, 3.05) is 0 Å². The average Bonchev–Trinajstić information content (AvgIpc) is 3.63. The van der Waals surface area contributed by atoms with Crippen molar-refractivity contribution in [2.45, 2.75) is 5.41 Å². The van der Waals surface area contributed by atoms with Crippen molar-refractivity contribution in [3.05, 3.63) is 229 Å². The van der Waals surface area contributed by atoms with Crippen LogP contribution in [0.3, 0.4) is 0 Å². The first-order valence-corrected chi connectivity index (χ1v) is 19.0. The lowest BCUT2D eigenvalue weighted by Crippen LogP contribution is -2.35. The van der Waals surface area contributed by atoms with Crippen molar-refractivity contribution in [1.29, 1.82) is 0 Å². The van der Waals surface area contributed by atoms with Crippen LogP contribution in [0.1, 0.15) is 22.3 Å². The Hall–Kier alpha value is -7.43. The van der Waals surface area contributed by atoms with E-state index in [1.165, 1.54) is 49.7 Å². The molecular weight excluding hydrogens is 681 g/mol. The number of pyridine rings is 1. The van der Waals surface area contributed by atoms with Crippen molar-refractivity contribution in [3.63, 3.8) is 0 Å². The molecule has 7 aromatic carbocycles. The molecule has 4 heteroatoms. The molecule has 0 amide bonds. The van der Waals surface area contributed by atoms with Crippen LogP contribution in [0, 0.1) is 0 Å². The van der Waals surface area contributed by atoms with Gasteiger partial charge in [-0.1, -0.05) is 170 Å². The zero-order chi connectivity index (χ0) is 37.1. The van der Waals surface area contributed by atoms with E-state index < -0.39 is 5.41 Å². The molecule has 3 aromatic heterocycles. The molecule has 56 heavy (non-hydrogen) atoms.